The summed E-state index contributed by atoms with van der Waals surface area (Å²) in [6, 6.07) is 0. The van der Waals surface area contributed by atoms with Crippen LogP contribution in [-0.4, -0.2) is 19.4 Å². The van der Waals surface area contributed by atoms with E-state index in [1.807, 2.05) is 13.8 Å². The molecule has 0 bridgehead atoms. The molecule has 0 rings (SSSR count). The Kier molecular flexibility index (Phi) is 16.1. The second-order valence-electron chi connectivity index (χ2n) is 6.69. The molecule has 0 heterocycles. The highest BCUT2D eigenvalue weighted by molar-refractivity contribution is 5.59. The predicted molar refractivity (Wildman–Crippen MR) is 93.2 cm³/mol. The monoisotopic (exact) mass is 314 g/mol. The van der Waals surface area contributed by atoms with Crippen LogP contribution < -0.4 is 0 Å². The van der Waals surface area contributed by atoms with Gasteiger partial charge < -0.3 is 9.47 Å². The molecule has 0 N–H and O–H groups in total. The Hall–Kier alpha value is -0.730. The van der Waals surface area contributed by atoms with Gasteiger partial charge in [-0.3, -0.25) is 0 Å². The van der Waals surface area contributed by atoms with Crippen molar-refractivity contribution in [3.63, 3.8) is 0 Å². The van der Waals surface area contributed by atoms with Crippen molar-refractivity contribution >= 4 is 6.16 Å². The Morgan fingerprint density at radius 3 is 1.64 bits per heavy atom. The summed E-state index contributed by atoms with van der Waals surface area (Å²) in [5.74, 6) is 0.360. The second-order valence-corrected chi connectivity index (χ2v) is 6.69. The summed E-state index contributed by atoms with van der Waals surface area (Å²) in [5.41, 5.74) is 0. The average Bonchev–Trinajstić information content (AvgIpc) is 2.49. The van der Waals surface area contributed by atoms with Crippen LogP contribution in [-0.2, 0) is 9.47 Å². The number of hydrogen-bond acceptors (Lipinski definition) is 3. The Balaban J connectivity index is 3.09. The number of rotatable bonds is 15. The molecular formula is C19H38O3. The van der Waals surface area contributed by atoms with Gasteiger partial charge in [-0.25, -0.2) is 4.79 Å². The van der Waals surface area contributed by atoms with Gasteiger partial charge in [0.25, 0.3) is 0 Å². The van der Waals surface area contributed by atoms with E-state index in [-0.39, 0.29) is 0 Å². The van der Waals surface area contributed by atoms with Gasteiger partial charge in [-0.05, 0) is 12.3 Å². The van der Waals surface area contributed by atoms with Crippen molar-refractivity contribution in [1.82, 2.24) is 0 Å². The summed E-state index contributed by atoms with van der Waals surface area (Å²) < 4.78 is 9.97. The molecule has 0 aromatic carbocycles. The maximum absolute atomic E-state index is 11.2. The molecule has 3 nitrogen and oxygen atoms in total. The zero-order valence-corrected chi connectivity index (χ0v) is 15.2. The SMILES string of the molecule is CCCCCCCCCCCCCCOC(=O)OCC(C)C. The van der Waals surface area contributed by atoms with Crippen molar-refractivity contribution in [1.29, 1.82) is 0 Å². The highest BCUT2D eigenvalue weighted by Crippen LogP contribution is 2.11. The Morgan fingerprint density at radius 1 is 0.727 bits per heavy atom. The number of carbonyl (C=O) groups is 1. The topological polar surface area (TPSA) is 35.5 Å². The van der Waals surface area contributed by atoms with E-state index in [0.717, 1.165) is 12.8 Å². The normalized spacial score (nSPS) is 10.9. The standard InChI is InChI=1S/C19H38O3/c1-4-5-6-7-8-9-10-11-12-13-14-15-16-21-19(20)22-17-18(2)3/h18H,4-17H2,1-3H3. The van der Waals surface area contributed by atoms with E-state index in [1.54, 1.807) is 0 Å². The van der Waals surface area contributed by atoms with Gasteiger partial charge in [-0.2, -0.15) is 0 Å². The molecule has 0 aromatic heterocycles. The van der Waals surface area contributed by atoms with E-state index < -0.39 is 6.16 Å². The number of ether oxygens (including phenoxy) is 2. The van der Waals surface area contributed by atoms with E-state index >= 15 is 0 Å². The van der Waals surface area contributed by atoms with Crippen LogP contribution in [0.2, 0.25) is 0 Å². The van der Waals surface area contributed by atoms with E-state index in [0.29, 0.717) is 19.1 Å². The largest absolute Gasteiger partial charge is 0.508 e. The zero-order valence-electron chi connectivity index (χ0n) is 15.2. The van der Waals surface area contributed by atoms with Crippen molar-refractivity contribution in [3.8, 4) is 0 Å². The third-order valence-electron chi connectivity index (χ3n) is 3.75. The van der Waals surface area contributed by atoms with Gasteiger partial charge >= 0.3 is 6.16 Å². The molecule has 0 aromatic rings. The van der Waals surface area contributed by atoms with Gasteiger partial charge in [0.1, 0.15) is 0 Å². The molecule has 0 saturated carbocycles. The first-order valence-electron chi connectivity index (χ1n) is 9.46. The fraction of sp³-hybridized carbons (Fsp3) is 0.947. The van der Waals surface area contributed by atoms with E-state index in [1.165, 1.54) is 64.2 Å². The molecule has 22 heavy (non-hydrogen) atoms. The molecule has 0 aliphatic rings. The molecule has 0 aliphatic carbocycles. The van der Waals surface area contributed by atoms with E-state index in [9.17, 15) is 4.79 Å². The molecule has 0 atom stereocenters. The summed E-state index contributed by atoms with van der Waals surface area (Å²) in [6.07, 6.45) is 15.2. The average molecular weight is 315 g/mol. The first-order valence-corrected chi connectivity index (χ1v) is 9.46. The van der Waals surface area contributed by atoms with Gasteiger partial charge in [0.15, 0.2) is 0 Å². The summed E-state index contributed by atoms with van der Waals surface area (Å²) >= 11 is 0. The predicted octanol–water partition coefficient (Wildman–Crippen LogP) is 6.50. The fourth-order valence-electron chi connectivity index (χ4n) is 2.37. The summed E-state index contributed by atoms with van der Waals surface area (Å²) in [7, 11) is 0. The van der Waals surface area contributed by atoms with Crippen molar-refractivity contribution in [3.05, 3.63) is 0 Å². The molecule has 0 spiro atoms. The van der Waals surface area contributed by atoms with Gasteiger partial charge in [0.2, 0.25) is 0 Å². The first kappa shape index (κ1) is 21.3. The maximum Gasteiger partial charge on any atom is 0.508 e. The lowest BCUT2D eigenvalue weighted by molar-refractivity contribution is 0.0465. The van der Waals surface area contributed by atoms with Gasteiger partial charge in [0.05, 0.1) is 13.2 Å². The first-order chi connectivity index (χ1) is 10.7. The highest BCUT2D eigenvalue weighted by Gasteiger charge is 2.04. The number of unbranched alkanes of at least 4 members (excludes halogenated alkanes) is 11. The van der Waals surface area contributed by atoms with E-state index in [4.69, 9.17) is 9.47 Å². The molecule has 0 aliphatic heterocycles. The van der Waals surface area contributed by atoms with Crippen LogP contribution in [0.25, 0.3) is 0 Å². The van der Waals surface area contributed by atoms with Crippen LogP contribution in [0.1, 0.15) is 97.8 Å². The molecule has 0 fully saturated rings. The van der Waals surface area contributed by atoms with Crippen LogP contribution in [0.3, 0.4) is 0 Å². The van der Waals surface area contributed by atoms with Crippen molar-refractivity contribution < 1.29 is 14.3 Å². The maximum atomic E-state index is 11.2. The lowest BCUT2D eigenvalue weighted by atomic mass is 10.1. The molecule has 3 heteroatoms. The minimum absolute atomic E-state index is 0.360. The molecule has 0 saturated heterocycles. The lowest BCUT2D eigenvalue weighted by Gasteiger charge is -2.07. The van der Waals surface area contributed by atoms with Gasteiger partial charge in [-0.15, -0.1) is 0 Å². The third kappa shape index (κ3) is 17.3. The summed E-state index contributed by atoms with van der Waals surface area (Å²) in [5, 5.41) is 0. The van der Waals surface area contributed by atoms with Crippen LogP contribution >= 0.6 is 0 Å². The Morgan fingerprint density at radius 2 is 1.18 bits per heavy atom. The molecule has 0 radical (unpaired) electrons. The van der Waals surface area contributed by atoms with Gasteiger partial charge in [0, 0.05) is 0 Å². The number of hydrogen-bond donors (Lipinski definition) is 0. The summed E-state index contributed by atoms with van der Waals surface area (Å²) in [6.45, 7) is 7.22. The van der Waals surface area contributed by atoms with Gasteiger partial charge in [-0.1, -0.05) is 91.4 Å². The van der Waals surface area contributed by atoms with Crippen LogP contribution in [0, 0.1) is 5.92 Å². The fourth-order valence-corrected chi connectivity index (χ4v) is 2.37. The minimum atomic E-state index is -0.517. The Bertz CT molecular complexity index is 239. The minimum Gasteiger partial charge on any atom is -0.434 e. The van der Waals surface area contributed by atoms with E-state index in [2.05, 4.69) is 6.92 Å². The van der Waals surface area contributed by atoms with Crippen molar-refractivity contribution in [2.24, 2.45) is 5.92 Å². The smallest absolute Gasteiger partial charge is 0.434 e. The molecular weight excluding hydrogens is 276 g/mol. The van der Waals surface area contributed by atoms with Crippen LogP contribution in [0.15, 0.2) is 0 Å². The molecule has 0 unspecified atom stereocenters. The number of carbonyl (C=O) groups excluding carboxylic acids is 1. The lowest BCUT2D eigenvalue weighted by Crippen LogP contribution is -2.12. The quantitative estimate of drug-likeness (QED) is 0.256. The van der Waals surface area contributed by atoms with Crippen LogP contribution in [0.4, 0.5) is 4.79 Å². The third-order valence-corrected chi connectivity index (χ3v) is 3.75. The molecule has 132 valence electrons. The van der Waals surface area contributed by atoms with Crippen molar-refractivity contribution in [2.75, 3.05) is 13.2 Å². The Labute approximate surface area is 138 Å². The summed E-state index contributed by atoms with van der Waals surface area (Å²) in [4.78, 5) is 11.2. The zero-order chi connectivity index (χ0) is 16.5. The molecule has 0 amide bonds. The van der Waals surface area contributed by atoms with Crippen LogP contribution in [0.5, 0.6) is 0 Å². The second kappa shape index (κ2) is 16.6. The highest BCUT2D eigenvalue weighted by atomic mass is 16.7. The van der Waals surface area contributed by atoms with Crippen molar-refractivity contribution in [2.45, 2.75) is 97.8 Å².